The van der Waals surface area contributed by atoms with E-state index in [1.807, 2.05) is 26.8 Å². The smallest absolute Gasteiger partial charge is 0.339 e. The first-order chi connectivity index (χ1) is 7.47. The van der Waals surface area contributed by atoms with Crippen molar-refractivity contribution < 1.29 is 14.3 Å². The van der Waals surface area contributed by atoms with Crippen molar-refractivity contribution in [1.82, 2.24) is 0 Å². The van der Waals surface area contributed by atoms with Crippen LogP contribution >= 0.6 is 15.9 Å². The van der Waals surface area contributed by atoms with Gasteiger partial charge in [0.15, 0.2) is 0 Å². The standard InChI is InChI=1S/C12H15BrO3/c1-7(2)16-10-6-5-9(13)11(8(10)3)12(14)15-4/h5-7H,1-4H3. The van der Waals surface area contributed by atoms with Crippen molar-refractivity contribution in [2.45, 2.75) is 26.9 Å². The average Bonchev–Trinajstić information content (AvgIpc) is 2.21. The summed E-state index contributed by atoms with van der Waals surface area (Å²) in [6.45, 7) is 5.73. The van der Waals surface area contributed by atoms with Crippen molar-refractivity contribution >= 4 is 21.9 Å². The van der Waals surface area contributed by atoms with Crippen LogP contribution in [-0.2, 0) is 4.74 Å². The highest BCUT2D eigenvalue weighted by atomic mass is 79.9. The summed E-state index contributed by atoms with van der Waals surface area (Å²) in [5, 5.41) is 0. The topological polar surface area (TPSA) is 35.5 Å². The molecule has 0 aliphatic heterocycles. The Hall–Kier alpha value is -1.03. The van der Waals surface area contributed by atoms with Crippen molar-refractivity contribution in [2.24, 2.45) is 0 Å². The Morgan fingerprint density at radius 1 is 1.38 bits per heavy atom. The molecular weight excluding hydrogens is 272 g/mol. The van der Waals surface area contributed by atoms with E-state index < -0.39 is 0 Å². The molecule has 1 aromatic rings. The van der Waals surface area contributed by atoms with Crippen molar-refractivity contribution in [2.75, 3.05) is 7.11 Å². The van der Waals surface area contributed by atoms with Gasteiger partial charge in [0.1, 0.15) is 5.75 Å². The largest absolute Gasteiger partial charge is 0.491 e. The van der Waals surface area contributed by atoms with E-state index in [4.69, 9.17) is 9.47 Å². The van der Waals surface area contributed by atoms with Gasteiger partial charge in [0.25, 0.3) is 0 Å². The van der Waals surface area contributed by atoms with E-state index in [-0.39, 0.29) is 12.1 Å². The molecule has 0 aliphatic carbocycles. The molecule has 0 fully saturated rings. The number of methoxy groups -OCH3 is 1. The predicted molar refractivity (Wildman–Crippen MR) is 66.0 cm³/mol. The number of carbonyl (C=O) groups excluding carboxylic acids is 1. The number of ether oxygens (including phenoxy) is 2. The summed E-state index contributed by atoms with van der Waals surface area (Å²) in [7, 11) is 1.37. The molecule has 0 amide bonds. The molecule has 0 aromatic heterocycles. The van der Waals surface area contributed by atoms with Gasteiger partial charge in [0.2, 0.25) is 0 Å². The zero-order valence-electron chi connectivity index (χ0n) is 9.83. The number of esters is 1. The number of carbonyl (C=O) groups is 1. The van der Waals surface area contributed by atoms with E-state index in [2.05, 4.69) is 15.9 Å². The van der Waals surface area contributed by atoms with Crippen LogP contribution < -0.4 is 4.74 Å². The fraction of sp³-hybridized carbons (Fsp3) is 0.417. The van der Waals surface area contributed by atoms with Crippen LogP contribution in [0.2, 0.25) is 0 Å². The molecule has 0 radical (unpaired) electrons. The van der Waals surface area contributed by atoms with E-state index in [9.17, 15) is 4.79 Å². The van der Waals surface area contributed by atoms with E-state index >= 15 is 0 Å². The summed E-state index contributed by atoms with van der Waals surface area (Å²) in [4.78, 5) is 11.6. The normalized spacial score (nSPS) is 10.4. The lowest BCUT2D eigenvalue weighted by molar-refractivity contribution is 0.0598. The highest BCUT2D eigenvalue weighted by Crippen LogP contribution is 2.29. The summed E-state index contributed by atoms with van der Waals surface area (Å²) in [5.41, 5.74) is 1.30. The minimum atomic E-state index is -0.362. The SMILES string of the molecule is COC(=O)c1c(Br)ccc(OC(C)C)c1C. The second-order valence-electron chi connectivity index (χ2n) is 3.70. The maximum Gasteiger partial charge on any atom is 0.339 e. The van der Waals surface area contributed by atoms with Gasteiger partial charge in [-0.1, -0.05) is 0 Å². The molecule has 1 rings (SSSR count). The van der Waals surface area contributed by atoms with Gasteiger partial charge in [-0.3, -0.25) is 0 Å². The molecule has 0 N–H and O–H groups in total. The lowest BCUT2D eigenvalue weighted by atomic mass is 10.1. The van der Waals surface area contributed by atoms with Gasteiger partial charge in [-0.25, -0.2) is 4.79 Å². The van der Waals surface area contributed by atoms with Crippen LogP contribution in [0.15, 0.2) is 16.6 Å². The van der Waals surface area contributed by atoms with Crippen molar-refractivity contribution in [1.29, 1.82) is 0 Å². The minimum Gasteiger partial charge on any atom is -0.491 e. The zero-order chi connectivity index (χ0) is 12.3. The summed E-state index contributed by atoms with van der Waals surface area (Å²) in [6.07, 6.45) is 0.0744. The Morgan fingerprint density at radius 3 is 2.50 bits per heavy atom. The van der Waals surface area contributed by atoms with Crippen molar-refractivity contribution in [3.8, 4) is 5.75 Å². The second-order valence-corrected chi connectivity index (χ2v) is 4.56. The minimum absolute atomic E-state index is 0.0744. The fourth-order valence-corrected chi connectivity index (χ4v) is 1.99. The van der Waals surface area contributed by atoms with Crippen LogP contribution in [0, 0.1) is 6.92 Å². The average molecular weight is 287 g/mol. The van der Waals surface area contributed by atoms with Gasteiger partial charge < -0.3 is 9.47 Å². The fourth-order valence-electron chi connectivity index (χ4n) is 1.39. The van der Waals surface area contributed by atoms with E-state index in [0.29, 0.717) is 15.8 Å². The Kier molecular flexibility index (Phi) is 4.35. The van der Waals surface area contributed by atoms with Gasteiger partial charge >= 0.3 is 5.97 Å². The monoisotopic (exact) mass is 286 g/mol. The van der Waals surface area contributed by atoms with Crippen LogP contribution in [-0.4, -0.2) is 19.2 Å². The third-order valence-electron chi connectivity index (χ3n) is 2.12. The molecule has 3 nitrogen and oxygen atoms in total. The number of hydrogen-bond acceptors (Lipinski definition) is 3. The number of halogens is 1. The molecule has 16 heavy (non-hydrogen) atoms. The number of rotatable bonds is 3. The van der Waals surface area contributed by atoms with Crippen LogP contribution in [0.3, 0.4) is 0 Å². The van der Waals surface area contributed by atoms with Gasteiger partial charge in [-0.2, -0.15) is 0 Å². The quantitative estimate of drug-likeness (QED) is 0.800. The third kappa shape index (κ3) is 2.76. The lowest BCUT2D eigenvalue weighted by Crippen LogP contribution is -2.10. The third-order valence-corrected chi connectivity index (χ3v) is 2.78. The highest BCUT2D eigenvalue weighted by molar-refractivity contribution is 9.10. The van der Waals surface area contributed by atoms with Gasteiger partial charge in [0, 0.05) is 10.0 Å². The summed E-state index contributed by atoms with van der Waals surface area (Å²) in [6, 6.07) is 3.63. The highest BCUT2D eigenvalue weighted by Gasteiger charge is 2.17. The predicted octanol–water partition coefficient (Wildman–Crippen LogP) is 3.33. The molecule has 0 heterocycles. The Bertz CT molecular complexity index is 399. The van der Waals surface area contributed by atoms with Crippen molar-refractivity contribution in [3.05, 3.63) is 27.7 Å². The molecule has 0 aliphatic rings. The first-order valence-electron chi connectivity index (χ1n) is 5.01. The van der Waals surface area contributed by atoms with Crippen LogP contribution in [0.25, 0.3) is 0 Å². The van der Waals surface area contributed by atoms with E-state index in [1.54, 1.807) is 6.07 Å². The van der Waals surface area contributed by atoms with Crippen LogP contribution in [0.1, 0.15) is 29.8 Å². The van der Waals surface area contributed by atoms with Gasteiger partial charge in [-0.15, -0.1) is 0 Å². The molecule has 0 saturated heterocycles. The zero-order valence-corrected chi connectivity index (χ0v) is 11.4. The number of hydrogen-bond donors (Lipinski definition) is 0. The van der Waals surface area contributed by atoms with E-state index in [0.717, 1.165) is 5.56 Å². The summed E-state index contributed by atoms with van der Waals surface area (Å²) < 4.78 is 11.1. The first-order valence-corrected chi connectivity index (χ1v) is 5.80. The molecule has 4 heteroatoms. The molecule has 0 atom stereocenters. The first kappa shape index (κ1) is 13.0. The molecule has 88 valence electrons. The summed E-state index contributed by atoms with van der Waals surface area (Å²) in [5.74, 6) is 0.345. The van der Waals surface area contributed by atoms with Gasteiger partial charge in [-0.05, 0) is 48.8 Å². The maximum atomic E-state index is 11.6. The molecule has 0 saturated carbocycles. The van der Waals surface area contributed by atoms with E-state index in [1.165, 1.54) is 7.11 Å². The van der Waals surface area contributed by atoms with Crippen molar-refractivity contribution in [3.63, 3.8) is 0 Å². The molecular formula is C12H15BrO3. The Balaban J connectivity index is 3.21. The number of benzene rings is 1. The second kappa shape index (κ2) is 5.34. The molecule has 0 spiro atoms. The van der Waals surface area contributed by atoms with Crippen LogP contribution in [0.4, 0.5) is 0 Å². The Morgan fingerprint density at radius 2 is 2.00 bits per heavy atom. The molecule has 1 aromatic carbocycles. The lowest BCUT2D eigenvalue weighted by Gasteiger charge is -2.15. The maximum absolute atomic E-state index is 11.6. The van der Waals surface area contributed by atoms with Gasteiger partial charge in [0.05, 0.1) is 18.8 Å². The Labute approximate surface area is 104 Å². The summed E-state index contributed by atoms with van der Waals surface area (Å²) >= 11 is 3.33. The molecule has 0 bridgehead atoms. The van der Waals surface area contributed by atoms with Crippen LogP contribution in [0.5, 0.6) is 5.75 Å². The molecule has 0 unspecified atom stereocenters.